The Balaban J connectivity index is 1.51. The number of benzene rings is 1. The maximum Gasteiger partial charge on any atom is 0.311 e. The lowest BCUT2D eigenvalue weighted by Gasteiger charge is -2.38. The Morgan fingerprint density at radius 2 is 1.93 bits per heavy atom. The summed E-state index contributed by atoms with van der Waals surface area (Å²) < 4.78 is 0. The summed E-state index contributed by atoms with van der Waals surface area (Å²) in [7, 11) is 0. The number of rotatable bonds is 4. The maximum atomic E-state index is 12.8. The highest BCUT2D eigenvalue weighted by Gasteiger charge is 2.55. The average Bonchev–Trinajstić information content (AvgIpc) is 3.10. The van der Waals surface area contributed by atoms with E-state index >= 15 is 0 Å². The number of fused-ring (bicyclic) bond motifs is 1. The van der Waals surface area contributed by atoms with Crippen molar-refractivity contribution in [2.75, 3.05) is 13.1 Å². The summed E-state index contributed by atoms with van der Waals surface area (Å²) in [6.07, 6.45) is 4.21. The number of carbonyl (C=O) groups is 2. The normalized spacial score (nSPS) is 27.2. The minimum absolute atomic E-state index is 0.00152. The van der Waals surface area contributed by atoms with Crippen LogP contribution >= 0.6 is 0 Å². The lowest BCUT2D eigenvalue weighted by molar-refractivity contribution is -0.152. The summed E-state index contributed by atoms with van der Waals surface area (Å²) in [5, 5.41) is 9.99. The number of carboxylic acids is 1. The molecule has 5 heteroatoms. The van der Waals surface area contributed by atoms with Crippen molar-refractivity contribution in [3.8, 4) is 0 Å². The molecule has 1 aliphatic heterocycles. The number of aromatic nitrogens is 1. The Labute approximate surface area is 159 Å². The van der Waals surface area contributed by atoms with Crippen molar-refractivity contribution < 1.29 is 14.7 Å². The van der Waals surface area contributed by atoms with Gasteiger partial charge in [0.05, 0.1) is 11.8 Å². The summed E-state index contributed by atoms with van der Waals surface area (Å²) >= 11 is 0. The number of hydrogen-bond donors (Lipinski definition) is 1. The molecule has 0 spiro atoms. The number of likely N-dealkylation sites (tertiary alicyclic amines) is 1. The minimum Gasteiger partial charge on any atom is -0.481 e. The van der Waals surface area contributed by atoms with Crippen LogP contribution in [0.5, 0.6) is 0 Å². The highest BCUT2D eigenvalue weighted by molar-refractivity contribution is 5.82. The van der Waals surface area contributed by atoms with E-state index in [9.17, 15) is 14.7 Å². The number of amides is 1. The van der Waals surface area contributed by atoms with Crippen molar-refractivity contribution >= 4 is 11.9 Å². The standard InChI is InChI=1S/C22H24N2O3/c25-20(13-19-8-4-5-11-23-19)24-14-18-12-17(16-6-2-1-3-7-16)9-10-22(18,15-24)21(26)27/h1-8,11,17-18H,9-10,12-15H2,(H,26,27)/t17-,18-,22-/m0/s1. The maximum absolute atomic E-state index is 12.8. The fraction of sp³-hybridized carbons (Fsp3) is 0.409. The van der Waals surface area contributed by atoms with Gasteiger partial charge in [-0.15, -0.1) is 0 Å². The number of hydrogen-bond acceptors (Lipinski definition) is 3. The second-order valence-corrected chi connectivity index (χ2v) is 7.81. The third kappa shape index (κ3) is 3.34. The molecule has 1 N–H and O–H groups in total. The first kappa shape index (κ1) is 17.7. The molecular weight excluding hydrogens is 340 g/mol. The van der Waals surface area contributed by atoms with Gasteiger partial charge in [-0.2, -0.15) is 0 Å². The smallest absolute Gasteiger partial charge is 0.311 e. The van der Waals surface area contributed by atoms with Gasteiger partial charge >= 0.3 is 5.97 Å². The summed E-state index contributed by atoms with van der Waals surface area (Å²) in [6, 6.07) is 15.8. The van der Waals surface area contributed by atoms with Gasteiger partial charge in [0, 0.05) is 25.0 Å². The molecule has 1 saturated heterocycles. The van der Waals surface area contributed by atoms with E-state index in [2.05, 4.69) is 17.1 Å². The van der Waals surface area contributed by atoms with Gasteiger partial charge in [-0.1, -0.05) is 36.4 Å². The van der Waals surface area contributed by atoms with E-state index in [0.717, 1.165) is 18.5 Å². The van der Waals surface area contributed by atoms with Gasteiger partial charge in [-0.05, 0) is 48.8 Å². The molecule has 1 aromatic heterocycles. The van der Waals surface area contributed by atoms with Gasteiger partial charge in [0.25, 0.3) is 0 Å². The van der Waals surface area contributed by atoms with E-state index in [4.69, 9.17) is 0 Å². The van der Waals surface area contributed by atoms with Crippen molar-refractivity contribution in [2.24, 2.45) is 11.3 Å². The molecule has 0 bridgehead atoms. The molecule has 1 saturated carbocycles. The largest absolute Gasteiger partial charge is 0.481 e. The molecule has 140 valence electrons. The predicted molar refractivity (Wildman–Crippen MR) is 101 cm³/mol. The van der Waals surface area contributed by atoms with Crippen LogP contribution in [0.3, 0.4) is 0 Å². The van der Waals surface area contributed by atoms with Crippen molar-refractivity contribution in [3.63, 3.8) is 0 Å². The lowest BCUT2D eigenvalue weighted by Crippen LogP contribution is -2.43. The monoisotopic (exact) mass is 364 g/mol. The Hall–Kier alpha value is -2.69. The first-order valence-corrected chi connectivity index (χ1v) is 9.54. The van der Waals surface area contributed by atoms with Crippen LogP contribution < -0.4 is 0 Å². The molecule has 1 aromatic carbocycles. The van der Waals surface area contributed by atoms with Crippen LogP contribution in [0.25, 0.3) is 0 Å². The average molecular weight is 364 g/mol. The zero-order valence-electron chi connectivity index (χ0n) is 15.3. The third-order valence-corrected chi connectivity index (χ3v) is 6.31. The second-order valence-electron chi connectivity index (χ2n) is 7.81. The quantitative estimate of drug-likeness (QED) is 0.905. The summed E-state index contributed by atoms with van der Waals surface area (Å²) in [5.41, 5.74) is 1.20. The van der Waals surface area contributed by atoms with Crippen LogP contribution in [0.15, 0.2) is 54.7 Å². The molecule has 1 aliphatic carbocycles. The van der Waals surface area contributed by atoms with Crippen LogP contribution in [0.1, 0.15) is 36.4 Å². The molecule has 2 heterocycles. The van der Waals surface area contributed by atoms with Crippen molar-refractivity contribution in [3.05, 3.63) is 66.0 Å². The van der Waals surface area contributed by atoms with Gasteiger partial charge in [0.15, 0.2) is 0 Å². The van der Waals surface area contributed by atoms with Crippen LogP contribution in [0.4, 0.5) is 0 Å². The van der Waals surface area contributed by atoms with Gasteiger partial charge in [-0.3, -0.25) is 14.6 Å². The number of pyridine rings is 1. The Kier molecular flexibility index (Phi) is 4.68. The molecule has 0 radical (unpaired) electrons. The van der Waals surface area contributed by atoms with Gasteiger partial charge < -0.3 is 10.0 Å². The first-order valence-electron chi connectivity index (χ1n) is 9.54. The van der Waals surface area contributed by atoms with Crippen LogP contribution in [0.2, 0.25) is 0 Å². The molecule has 2 fully saturated rings. The SMILES string of the molecule is O=C(Cc1ccccn1)N1C[C@@H]2C[C@@H](c3ccccc3)CC[C@]2(C(=O)O)C1. The van der Waals surface area contributed by atoms with E-state index < -0.39 is 11.4 Å². The molecule has 0 unspecified atom stereocenters. The lowest BCUT2D eigenvalue weighted by atomic mass is 9.64. The van der Waals surface area contributed by atoms with E-state index in [1.54, 1.807) is 11.1 Å². The van der Waals surface area contributed by atoms with Crippen LogP contribution in [0, 0.1) is 11.3 Å². The number of carboxylic acid groups (broad SMARTS) is 1. The van der Waals surface area contributed by atoms with Gasteiger partial charge in [0.1, 0.15) is 0 Å². The van der Waals surface area contributed by atoms with Crippen molar-refractivity contribution in [2.45, 2.75) is 31.6 Å². The molecule has 1 amide bonds. The fourth-order valence-electron chi connectivity index (χ4n) is 4.79. The highest BCUT2D eigenvalue weighted by Crippen LogP contribution is 2.51. The van der Waals surface area contributed by atoms with E-state index in [1.165, 1.54) is 5.56 Å². The fourth-order valence-corrected chi connectivity index (χ4v) is 4.79. The topological polar surface area (TPSA) is 70.5 Å². The zero-order chi connectivity index (χ0) is 18.9. The molecule has 27 heavy (non-hydrogen) atoms. The molecule has 2 aromatic rings. The van der Waals surface area contributed by atoms with E-state index in [-0.39, 0.29) is 18.2 Å². The van der Waals surface area contributed by atoms with Crippen molar-refractivity contribution in [1.82, 2.24) is 9.88 Å². The Bertz CT molecular complexity index is 824. The second kappa shape index (κ2) is 7.14. The number of aliphatic carboxylic acids is 1. The van der Waals surface area contributed by atoms with E-state index in [1.807, 2.05) is 36.4 Å². The highest BCUT2D eigenvalue weighted by atomic mass is 16.4. The Morgan fingerprint density at radius 3 is 2.63 bits per heavy atom. The summed E-state index contributed by atoms with van der Waals surface area (Å²) in [4.78, 5) is 30.9. The molecule has 4 rings (SSSR count). The predicted octanol–water partition coefficient (Wildman–Crippen LogP) is 3.12. The van der Waals surface area contributed by atoms with Gasteiger partial charge in [0.2, 0.25) is 5.91 Å². The van der Waals surface area contributed by atoms with Crippen LogP contribution in [-0.4, -0.2) is 40.0 Å². The zero-order valence-corrected chi connectivity index (χ0v) is 15.3. The number of carbonyl (C=O) groups excluding carboxylic acids is 1. The minimum atomic E-state index is -0.801. The van der Waals surface area contributed by atoms with Crippen LogP contribution in [-0.2, 0) is 16.0 Å². The summed E-state index contributed by atoms with van der Waals surface area (Å²) in [5.74, 6) is -0.414. The van der Waals surface area contributed by atoms with Gasteiger partial charge in [-0.25, -0.2) is 0 Å². The first-order chi connectivity index (χ1) is 13.1. The van der Waals surface area contributed by atoms with Crippen molar-refractivity contribution in [1.29, 1.82) is 0 Å². The van der Waals surface area contributed by atoms with E-state index in [0.29, 0.717) is 25.4 Å². The third-order valence-electron chi connectivity index (χ3n) is 6.31. The molecule has 3 atom stereocenters. The summed E-state index contributed by atoms with van der Waals surface area (Å²) in [6.45, 7) is 0.849. The molecule has 2 aliphatic rings. The Morgan fingerprint density at radius 1 is 1.15 bits per heavy atom. The molecular formula is C22H24N2O3. The number of nitrogens with zero attached hydrogens (tertiary/aromatic N) is 2. The molecule has 5 nitrogen and oxygen atoms in total.